The van der Waals surface area contributed by atoms with Crippen LogP contribution in [0.4, 0.5) is 0 Å². The lowest BCUT2D eigenvalue weighted by Gasteiger charge is -2.58. The van der Waals surface area contributed by atoms with Crippen LogP contribution in [0.3, 0.4) is 0 Å². The Morgan fingerprint density at radius 1 is 1.00 bits per heavy atom. The molecule has 4 aliphatic carbocycles. The monoisotopic (exact) mass is 235 g/mol. The van der Waals surface area contributed by atoms with Gasteiger partial charge in [-0.2, -0.15) is 0 Å². The van der Waals surface area contributed by atoms with E-state index in [1.54, 1.807) is 32.1 Å². The van der Waals surface area contributed by atoms with Crippen LogP contribution in [0.15, 0.2) is 0 Å². The van der Waals surface area contributed by atoms with Crippen LogP contribution in [0.2, 0.25) is 0 Å². The normalized spacial score (nSPS) is 46.2. The molecule has 1 heteroatoms. The molecular formula is C16H29N. The van der Waals surface area contributed by atoms with Crippen molar-refractivity contribution in [1.29, 1.82) is 0 Å². The van der Waals surface area contributed by atoms with Crippen LogP contribution in [-0.2, 0) is 0 Å². The molecule has 1 unspecified atom stereocenters. The van der Waals surface area contributed by atoms with Crippen molar-refractivity contribution in [2.75, 3.05) is 6.54 Å². The summed E-state index contributed by atoms with van der Waals surface area (Å²) in [5.74, 6) is 6.09. The Labute approximate surface area is 107 Å². The Bertz CT molecular complexity index is 266. The minimum Gasteiger partial charge on any atom is -0.330 e. The molecule has 0 aromatic heterocycles. The topological polar surface area (TPSA) is 26.0 Å². The van der Waals surface area contributed by atoms with Gasteiger partial charge >= 0.3 is 0 Å². The fourth-order valence-corrected chi connectivity index (χ4v) is 5.49. The Morgan fingerprint density at radius 3 is 1.88 bits per heavy atom. The van der Waals surface area contributed by atoms with Crippen molar-refractivity contribution in [3.05, 3.63) is 0 Å². The van der Waals surface area contributed by atoms with Gasteiger partial charge in [0.25, 0.3) is 0 Å². The molecule has 0 amide bonds. The van der Waals surface area contributed by atoms with Crippen LogP contribution in [-0.4, -0.2) is 6.54 Å². The van der Waals surface area contributed by atoms with Crippen LogP contribution in [0, 0.1) is 40.9 Å². The van der Waals surface area contributed by atoms with Gasteiger partial charge in [0.15, 0.2) is 0 Å². The summed E-state index contributed by atoms with van der Waals surface area (Å²) in [5.41, 5.74) is 6.33. The lowest BCUT2D eigenvalue weighted by atomic mass is 9.48. The fourth-order valence-electron chi connectivity index (χ4n) is 5.49. The number of rotatable bonds is 3. The summed E-state index contributed by atoms with van der Waals surface area (Å²) in [6.45, 7) is 8.09. The van der Waals surface area contributed by atoms with Gasteiger partial charge < -0.3 is 5.73 Å². The van der Waals surface area contributed by atoms with E-state index >= 15 is 0 Å². The molecule has 98 valence electrons. The number of nitrogens with two attached hydrogens (primary N) is 1. The van der Waals surface area contributed by atoms with E-state index in [-0.39, 0.29) is 0 Å². The average molecular weight is 235 g/mol. The number of hydrogen-bond donors (Lipinski definition) is 1. The molecule has 4 fully saturated rings. The van der Waals surface area contributed by atoms with Gasteiger partial charge in [-0.1, -0.05) is 20.8 Å². The molecule has 4 aliphatic rings. The van der Waals surface area contributed by atoms with E-state index in [0.29, 0.717) is 5.41 Å². The van der Waals surface area contributed by atoms with Gasteiger partial charge in [-0.15, -0.1) is 0 Å². The summed E-state index contributed by atoms with van der Waals surface area (Å²) in [4.78, 5) is 0. The molecule has 1 atom stereocenters. The molecule has 4 saturated carbocycles. The van der Waals surface area contributed by atoms with E-state index in [9.17, 15) is 0 Å². The second-order valence-corrected chi connectivity index (χ2v) is 7.99. The first-order valence-corrected chi connectivity index (χ1v) is 7.71. The Kier molecular flexibility index (Phi) is 2.81. The predicted molar refractivity (Wildman–Crippen MR) is 72.5 cm³/mol. The second-order valence-electron chi connectivity index (χ2n) is 7.99. The van der Waals surface area contributed by atoms with Crippen molar-refractivity contribution in [1.82, 2.24) is 0 Å². The van der Waals surface area contributed by atoms with Crippen molar-refractivity contribution in [2.45, 2.75) is 52.9 Å². The van der Waals surface area contributed by atoms with E-state index in [0.717, 1.165) is 42.1 Å². The largest absolute Gasteiger partial charge is 0.330 e. The highest BCUT2D eigenvalue weighted by Gasteiger charge is 2.51. The van der Waals surface area contributed by atoms with Crippen molar-refractivity contribution in [3.8, 4) is 0 Å². The highest BCUT2D eigenvalue weighted by molar-refractivity contribution is 5.01. The van der Waals surface area contributed by atoms with Crippen molar-refractivity contribution in [3.63, 3.8) is 0 Å². The van der Waals surface area contributed by atoms with Gasteiger partial charge in [0.2, 0.25) is 0 Å². The lowest BCUT2D eigenvalue weighted by Crippen LogP contribution is -2.50. The smallest absolute Gasteiger partial charge is 0.00232 e. The summed E-state index contributed by atoms with van der Waals surface area (Å²) in [5, 5.41) is 0. The Morgan fingerprint density at radius 2 is 1.47 bits per heavy atom. The summed E-state index contributed by atoms with van der Waals surface area (Å²) >= 11 is 0. The minimum absolute atomic E-state index is 0.333. The quantitative estimate of drug-likeness (QED) is 0.793. The van der Waals surface area contributed by atoms with Gasteiger partial charge in [0.05, 0.1) is 0 Å². The van der Waals surface area contributed by atoms with E-state index in [2.05, 4.69) is 20.8 Å². The van der Waals surface area contributed by atoms with Crippen molar-refractivity contribution >= 4 is 0 Å². The Hall–Kier alpha value is -0.0400. The molecule has 4 rings (SSSR count). The van der Waals surface area contributed by atoms with Crippen molar-refractivity contribution in [2.24, 2.45) is 46.7 Å². The first kappa shape index (κ1) is 12.0. The van der Waals surface area contributed by atoms with Crippen LogP contribution >= 0.6 is 0 Å². The molecule has 1 nitrogen and oxygen atoms in total. The first-order chi connectivity index (χ1) is 8.01. The highest BCUT2D eigenvalue weighted by Crippen LogP contribution is 2.60. The van der Waals surface area contributed by atoms with Crippen LogP contribution in [0.5, 0.6) is 0 Å². The summed E-state index contributed by atoms with van der Waals surface area (Å²) in [7, 11) is 0. The molecule has 17 heavy (non-hydrogen) atoms. The average Bonchev–Trinajstić information content (AvgIpc) is 2.27. The molecule has 4 bridgehead atoms. The standard InChI is InChI=1S/C16H29N/c1-10(16(2,3)9-17)15-13-5-11-4-12(7-13)8-14(15)6-11/h10-15H,4-9,17H2,1-3H3. The zero-order valence-corrected chi connectivity index (χ0v) is 11.8. The Balaban J connectivity index is 1.80. The fraction of sp³-hybridized carbons (Fsp3) is 1.00. The third-order valence-electron chi connectivity index (χ3n) is 6.64. The second kappa shape index (κ2) is 3.98. The van der Waals surface area contributed by atoms with Crippen LogP contribution in [0.25, 0.3) is 0 Å². The molecular weight excluding hydrogens is 206 g/mol. The maximum atomic E-state index is 6.00. The molecule has 0 saturated heterocycles. The SMILES string of the molecule is CC(C1C2CC3CC(C2)CC1C3)C(C)(C)CN. The molecule has 0 heterocycles. The van der Waals surface area contributed by atoms with E-state index in [1.165, 1.54) is 0 Å². The maximum Gasteiger partial charge on any atom is -0.00232 e. The van der Waals surface area contributed by atoms with Gasteiger partial charge in [-0.3, -0.25) is 0 Å². The summed E-state index contributed by atoms with van der Waals surface area (Å²) in [6, 6.07) is 0. The maximum absolute atomic E-state index is 6.00. The predicted octanol–water partition coefficient (Wildman–Crippen LogP) is 3.68. The van der Waals surface area contributed by atoms with Gasteiger partial charge in [0, 0.05) is 0 Å². The summed E-state index contributed by atoms with van der Waals surface area (Å²) < 4.78 is 0. The van der Waals surface area contributed by atoms with Gasteiger partial charge in [0.1, 0.15) is 0 Å². The highest BCUT2D eigenvalue weighted by atomic mass is 14.6. The van der Waals surface area contributed by atoms with Crippen LogP contribution in [0.1, 0.15) is 52.9 Å². The third-order valence-corrected chi connectivity index (χ3v) is 6.64. The minimum atomic E-state index is 0.333. The van der Waals surface area contributed by atoms with Crippen molar-refractivity contribution < 1.29 is 0 Å². The zero-order chi connectivity index (χ0) is 12.2. The lowest BCUT2D eigenvalue weighted by molar-refractivity contribution is -0.0796. The van der Waals surface area contributed by atoms with E-state index < -0.39 is 0 Å². The zero-order valence-electron chi connectivity index (χ0n) is 11.8. The van der Waals surface area contributed by atoms with Gasteiger partial charge in [-0.25, -0.2) is 0 Å². The van der Waals surface area contributed by atoms with E-state index in [4.69, 9.17) is 5.73 Å². The molecule has 0 radical (unpaired) electrons. The van der Waals surface area contributed by atoms with Gasteiger partial charge in [-0.05, 0) is 79.6 Å². The molecule has 2 N–H and O–H groups in total. The van der Waals surface area contributed by atoms with Crippen LogP contribution < -0.4 is 5.73 Å². The molecule has 0 aromatic rings. The molecule has 0 aromatic carbocycles. The third kappa shape index (κ3) is 1.85. The van der Waals surface area contributed by atoms with E-state index in [1.807, 2.05) is 0 Å². The number of hydrogen-bond acceptors (Lipinski definition) is 1. The summed E-state index contributed by atoms with van der Waals surface area (Å²) in [6.07, 6.45) is 7.74. The molecule has 0 spiro atoms. The molecule has 0 aliphatic heterocycles. The first-order valence-electron chi connectivity index (χ1n) is 7.71.